The number of hydrogen-bond donors (Lipinski definition) is 4. The molecular weight excluding hydrogens is 208 g/mol. The van der Waals surface area contributed by atoms with Crippen LogP contribution in [0.25, 0.3) is 0 Å². The van der Waals surface area contributed by atoms with Crippen LogP contribution in [0.15, 0.2) is 0 Å². The smallest absolute Gasteiger partial charge is 0.336 e. The van der Waals surface area contributed by atoms with E-state index in [1.165, 1.54) is 0 Å². The van der Waals surface area contributed by atoms with E-state index >= 15 is 0 Å². The Hall–Kier alpha value is -0.930. The number of aliphatic carboxylic acids is 2. The summed E-state index contributed by atoms with van der Waals surface area (Å²) in [4.78, 5) is 26.5. The van der Waals surface area contributed by atoms with Crippen LogP contribution < -0.4 is 24.2 Å². The molecule has 80 valence electrons. The van der Waals surface area contributed by atoms with Crippen molar-refractivity contribution in [3.05, 3.63) is 0 Å². The zero-order valence-corrected chi connectivity index (χ0v) is 7.36. The van der Waals surface area contributed by atoms with Gasteiger partial charge in [0, 0.05) is 0 Å². The highest BCUT2D eigenvalue weighted by Gasteiger charge is 1.91. The Morgan fingerprint density at radius 3 is 1.62 bits per heavy atom. The van der Waals surface area contributed by atoms with Crippen LogP contribution in [0.2, 0.25) is 0 Å². The fraction of sp³-hybridized carbons (Fsp3) is 0.500. The predicted octanol–water partition coefficient (Wildman–Crippen LogP) is -5.79. The van der Waals surface area contributed by atoms with Crippen LogP contribution in [0.1, 0.15) is 0 Å². The molecule has 7 N–H and O–H groups in total. The van der Waals surface area contributed by atoms with Gasteiger partial charge in [0.05, 0.1) is 0 Å². The molecule has 13 heavy (non-hydrogen) atoms. The van der Waals surface area contributed by atoms with E-state index in [-0.39, 0.29) is 19.0 Å². The molecule has 0 fully saturated rings. The monoisotopic (exact) mass is 218 g/mol. The van der Waals surface area contributed by atoms with Crippen LogP contribution in [0.4, 0.5) is 0 Å². The number of nitrogens with two attached hydrogens (primary N) is 1. The molecule has 9 heteroatoms. The summed E-state index contributed by atoms with van der Waals surface area (Å²) in [6.45, 7) is -0.750. The molecule has 8 nitrogen and oxygen atoms in total. The van der Waals surface area contributed by atoms with Crippen LogP contribution >= 0.6 is 0 Å². The van der Waals surface area contributed by atoms with Crippen molar-refractivity contribution in [1.82, 2.24) is 0 Å². The van der Waals surface area contributed by atoms with E-state index < -0.39 is 18.5 Å². The van der Waals surface area contributed by atoms with Crippen molar-refractivity contribution in [3.8, 4) is 0 Å². The molecule has 0 aromatic rings. The lowest BCUT2D eigenvalue weighted by molar-refractivity contribution is -0.685. The van der Waals surface area contributed by atoms with Gasteiger partial charge in [-0.15, -0.1) is 0 Å². The van der Waals surface area contributed by atoms with Crippen LogP contribution in [0, 0.1) is 0 Å². The van der Waals surface area contributed by atoms with Crippen molar-refractivity contribution in [2.24, 2.45) is 5.90 Å². The average Bonchev–Trinajstić information content (AvgIpc) is 1.87. The van der Waals surface area contributed by atoms with E-state index in [2.05, 4.69) is 21.5 Å². The Balaban J connectivity index is -0.000000143. The van der Waals surface area contributed by atoms with Crippen LogP contribution in [0.3, 0.4) is 0 Å². The maximum Gasteiger partial charge on any atom is 0.336 e. The van der Waals surface area contributed by atoms with E-state index in [1.807, 2.05) is 0 Å². The second-order valence-electron chi connectivity index (χ2n) is 1.45. The van der Waals surface area contributed by atoms with Gasteiger partial charge in [0.2, 0.25) is 6.61 Å². The molecule has 0 unspecified atom stereocenters. The summed E-state index contributed by atoms with van der Waals surface area (Å²) in [6.07, 6.45) is 0. The highest BCUT2D eigenvalue weighted by atomic mass is 35.5. The predicted molar refractivity (Wildman–Crippen MR) is 34.3 cm³/mol. The molecule has 0 spiro atoms. The first kappa shape index (κ1) is 18.0. The lowest BCUT2D eigenvalue weighted by atomic mass is 10.8. The maximum absolute atomic E-state index is 9.43. The molecule has 0 rings (SSSR count). The molecule has 0 aliphatic heterocycles. The largest absolute Gasteiger partial charge is 1.00 e. The van der Waals surface area contributed by atoms with Crippen molar-refractivity contribution in [3.63, 3.8) is 0 Å². The SMILES string of the molecule is NOCC(=O)O.[Cl-].[NH3+]OCC(=O)O. The van der Waals surface area contributed by atoms with Gasteiger partial charge in [-0.1, -0.05) is 0 Å². The van der Waals surface area contributed by atoms with E-state index in [1.54, 1.807) is 0 Å². The summed E-state index contributed by atoms with van der Waals surface area (Å²) in [5, 5.41) is 15.5. The van der Waals surface area contributed by atoms with Crippen molar-refractivity contribution >= 4 is 11.9 Å². The molecule has 0 aliphatic carbocycles. The van der Waals surface area contributed by atoms with Crippen molar-refractivity contribution in [2.75, 3.05) is 13.2 Å². The molecular formula is C4H11ClN2O6. The topological polar surface area (TPSA) is 147 Å². The number of halogens is 1. The van der Waals surface area contributed by atoms with E-state index in [0.29, 0.717) is 0 Å². The van der Waals surface area contributed by atoms with Gasteiger partial charge < -0.3 is 22.6 Å². The summed E-state index contributed by atoms with van der Waals surface area (Å²) >= 11 is 0. The van der Waals surface area contributed by atoms with Gasteiger partial charge in [-0.25, -0.2) is 21.4 Å². The molecule has 0 amide bonds. The maximum atomic E-state index is 9.43. The van der Waals surface area contributed by atoms with Gasteiger partial charge in [-0.05, 0) is 0 Å². The highest BCUT2D eigenvalue weighted by Crippen LogP contribution is 1.58. The van der Waals surface area contributed by atoms with Crippen LogP contribution in [-0.4, -0.2) is 35.4 Å². The average molecular weight is 219 g/mol. The van der Waals surface area contributed by atoms with Crippen molar-refractivity contribution in [1.29, 1.82) is 0 Å². The third-order valence-corrected chi connectivity index (χ3v) is 0.432. The van der Waals surface area contributed by atoms with Crippen LogP contribution in [-0.2, 0) is 19.3 Å². The Labute approximate surface area is 79.7 Å². The number of quaternary nitrogens is 1. The summed E-state index contributed by atoms with van der Waals surface area (Å²) < 4.78 is 0. The van der Waals surface area contributed by atoms with Crippen molar-refractivity contribution < 1.29 is 47.8 Å². The third kappa shape index (κ3) is 35.4. The van der Waals surface area contributed by atoms with Gasteiger partial charge in [0.15, 0.2) is 6.61 Å². The molecule has 0 aliphatic rings. The molecule has 0 heterocycles. The van der Waals surface area contributed by atoms with Crippen molar-refractivity contribution in [2.45, 2.75) is 0 Å². The summed E-state index contributed by atoms with van der Waals surface area (Å²) in [6, 6.07) is 0. The second kappa shape index (κ2) is 13.6. The minimum Gasteiger partial charge on any atom is -1.00 e. The number of carboxylic acid groups (broad SMARTS) is 2. The van der Waals surface area contributed by atoms with E-state index in [4.69, 9.17) is 10.2 Å². The van der Waals surface area contributed by atoms with Crippen LogP contribution in [0.5, 0.6) is 0 Å². The molecule has 0 aromatic heterocycles. The summed E-state index contributed by atoms with van der Waals surface area (Å²) in [5.41, 5.74) is 0. The first-order valence-electron chi connectivity index (χ1n) is 2.66. The lowest BCUT2D eigenvalue weighted by Crippen LogP contribution is -3.00. The van der Waals surface area contributed by atoms with Gasteiger partial charge in [0.25, 0.3) is 0 Å². The molecule has 0 radical (unpaired) electrons. The Morgan fingerprint density at radius 2 is 1.62 bits per heavy atom. The quantitative estimate of drug-likeness (QED) is 0.344. The zero-order chi connectivity index (χ0) is 9.98. The normalized spacial score (nSPS) is 7.54. The zero-order valence-electron chi connectivity index (χ0n) is 6.60. The summed E-state index contributed by atoms with van der Waals surface area (Å²) in [5.74, 6) is 5.14. The third-order valence-electron chi connectivity index (χ3n) is 0.432. The van der Waals surface area contributed by atoms with E-state index in [0.717, 1.165) is 0 Å². The first-order valence-corrected chi connectivity index (χ1v) is 2.66. The molecule has 0 aromatic carbocycles. The Morgan fingerprint density at radius 1 is 1.23 bits per heavy atom. The Kier molecular flexibility index (Phi) is 18.9. The molecule has 0 atom stereocenters. The first-order chi connectivity index (χ1) is 5.54. The lowest BCUT2D eigenvalue weighted by Gasteiger charge is -1.83. The standard InChI is InChI=1S/2C2H5NO3.ClH/c2*3-6-1-2(4)5;/h1H2,3H3;1,3H2,(H,4,5);1H. The van der Waals surface area contributed by atoms with E-state index in [9.17, 15) is 9.59 Å². The number of hydrogen-bond acceptors (Lipinski definition) is 5. The fourth-order valence-electron chi connectivity index (χ4n) is 0.159. The van der Waals surface area contributed by atoms with Gasteiger partial charge in [-0.3, -0.25) is 4.84 Å². The molecule has 0 saturated heterocycles. The fourth-order valence-corrected chi connectivity index (χ4v) is 0.159. The Bertz CT molecular complexity index is 127. The minimum absolute atomic E-state index is 0. The second-order valence-corrected chi connectivity index (χ2v) is 1.45. The number of carbonyl (C=O) groups is 2. The molecule has 0 bridgehead atoms. The van der Waals surface area contributed by atoms with Gasteiger partial charge in [0.1, 0.15) is 0 Å². The minimum atomic E-state index is -1.06. The highest BCUT2D eigenvalue weighted by molar-refractivity contribution is 5.68. The van der Waals surface area contributed by atoms with Gasteiger partial charge in [-0.2, -0.15) is 4.84 Å². The number of rotatable bonds is 4. The summed E-state index contributed by atoms with van der Waals surface area (Å²) in [7, 11) is 0. The van der Waals surface area contributed by atoms with Gasteiger partial charge >= 0.3 is 11.9 Å². The molecule has 0 saturated carbocycles. The number of carboxylic acids is 2.